The number of benzene rings is 2. The lowest BCUT2D eigenvalue weighted by molar-refractivity contribution is 0.103. The van der Waals surface area contributed by atoms with Crippen LogP contribution in [0, 0.1) is 13.8 Å². The Hall–Kier alpha value is -2.13. The highest BCUT2D eigenvalue weighted by atomic mass is 32.1. The van der Waals surface area contributed by atoms with Gasteiger partial charge in [-0.05, 0) is 48.4 Å². The van der Waals surface area contributed by atoms with Gasteiger partial charge in [-0.3, -0.25) is 4.79 Å². The molecule has 3 rings (SSSR count). The molecule has 0 bridgehead atoms. The van der Waals surface area contributed by atoms with Crippen molar-refractivity contribution >= 4 is 33.0 Å². The van der Waals surface area contributed by atoms with Crippen LogP contribution in [-0.4, -0.2) is 5.91 Å². The Labute approximate surface area is 134 Å². The molecule has 1 N–H and O–H groups in total. The second-order valence-electron chi connectivity index (χ2n) is 5.47. The summed E-state index contributed by atoms with van der Waals surface area (Å²) >= 11 is 1.56. The van der Waals surface area contributed by atoms with Crippen molar-refractivity contribution < 1.29 is 4.79 Å². The zero-order valence-electron chi connectivity index (χ0n) is 13.1. The van der Waals surface area contributed by atoms with Gasteiger partial charge in [0.1, 0.15) is 0 Å². The Morgan fingerprint density at radius 3 is 2.59 bits per heavy atom. The molecule has 0 unspecified atom stereocenters. The number of thiophene rings is 1. The molecule has 3 heteroatoms. The van der Waals surface area contributed by atoms with Crippen LogP contribution >= 0.6 is 11.3 Å². The summed E-state index contributed by atoms with van der Waals surface area (Å²) in [5.74, 6) is -0.0114. The number of hydrogen-bond acceptors (Lipinski definition) is 2. The van der Waals surface area contributed by atoms with E-state index in [2.05, 4.69) is 30.4 Å². The fourth-order valence-corrected chi connectivity index (χ4v) is 3.87. The predicted molar refractivity (Wildman–Crippen MR) is 95.1 cm³/mol. The number of carbonyl (C=O) groups excluding carboxylic acids is 1. The van der Waals surface area contributed by atoms with Crippen molar-refractivity contribution in [3.63, 3.8) is 0 Å². The lowest BCUT2D eigenvalue weighted by Crippen LogP contribution is -2.13. The number of para-hydroxylation sites is 1. The van der Waals surface area contributed by atoms with Gasteiger partial charge in [0.15, 0.2) is 0 Å². The summed E-state index contributed by atoms with van der Waals surface area (Å²) in [6.07, 6.45) is 0.905. The number of amides is 1. The fourth-order valence-electron chi connectivity index (χ4n) is 2.76. The molecule has 0 spiro atoms. The number of rotatable bonds is 3. The van der Waals surface area contributed by atoms with Gasteiger partial charge in [-0.15, -0.1) is 11.3 Å². The number of carbonyl (C=O) groups is 1. The summed E-state index contributed by atoms with van der Waals surface area (Å²) in [6, 6.07) is 14.3. The number of hydrogen-bond donors (Lipinski definition) is 1. The van der Waals surface area contributed by atoms with Gasteiger partial charge in [-0.2, -0.15) is 0 Å². The Bertz CT molecular complexity index is 848. The molecule has 0 fully saturated rings. The third kappa shape index (κ3) is 2.53. The second kappa shape index (κ2) is 5.93. The Kier molecular flexibility index (Phi) is 3.99. The summed E-state index contributed by atoms with van der Waals surface area (Å²) in [5.41, 5.74) is 4.29. The molecule has 0 saturated heterocycles. The predicted octanol–water partition coefficient (Wildman–Crippen LogP) is 5.33. The van der Waals surface area contributed by atoms with E-state index in [4.69, 9.17) is 0 Å². The van der Waals surface area contributed by atoms with Gasteiger partial charge in [-0.25, -0.2) is 0 Å². The Balaban J connectivity index is 1.99. The largest absolute Gasteiger partial charge is 0.321 e. The van der Waals surface area contributed by atoms with Gasteiger partial charge in [0.05, 0.1) is 4.88 Å². The van der Waals surface area contributed by atoms with Crippen LogP contribution in [0.25, 0.3) is 10.1 Å². The number of anilines is 1. The van der Waals surface area contributed by atoms with Gasteiger partial charge in [0.25, 0.3) is 5.91 Å². The number of nitrogens with one attached hydrogen (secondary N) is 1. The van der Waals surface area contributed by atoms with Crippen LogP contribution in [0.15, 0.2) is 42.5 Å². The zero-order chi connectivity index (χ0) is 15.7. The smallest absolute Gasteiger partial charge is 0.266 e. The van der Waals surface area contributed by atoms with E-state index in [0.717, 1.165) is 38.2 Å². The topological polar surface area (TPSA) is 29.1 Å². The van der Waals surface area contributed by atoms with Crippen LogP contribution in [0.3, 0.4) is 0 Å². The molecule has 0 saturated carbocycles. The van der Waals surface area contributed by atoms with Crippen molar-refractivity contribution in [3.8, 4) is 0 Å². The molecule has 0 radical (unpaired) electrons. The van der Waals surface area contributed by atoms with Crippen molar-refractivity contribution in [1.82, 2.24) is 0 Å². The third-order valence-corrected chi connectivity index (χ3v) is 5.30. The van der Waals surface area contributed by atoms with E-state index in [1.807, 2.05) is 38.1 Å². The summed E-state index contributed by atoms with van der Waals surface area (Å²) in [5, 5.41) is 4.28. The molecule has 1 aromatic heterocycles. The normalized spacial score (nSPS) is 10.9. The van der Waals surface area contributed by atoms with E-state index < -0.39 is 0 Å². The van der Waals surface area contributed by atoms with Gasteiger partial charge in [-0.1, -0.05) is 43.3 Å². The van der Waals surface area contributed by atoms with E-state index in [1.165, 1.54) is 5.56 Å². The van der Waals surface area contributed by atoms with Crippen LogP contribution in [0.1, 0.15) is 33.3 Å². The molecule has 112 valence electrons. The van der Waals surface area contributed by atoms with E-state index in [0.29, 0.717) is 0 Å². The molecule has 0 aliphatic heterocycles. The van der Waals surface area contributed by atoms with Crippen molar-refractivity contribution in [3.05, 3.63) is 64.0 Å². The highest BCUT2D eigenvalue weighted by Gasteiger charge is 2.17. The minimum Gasteiger partial charge on any atom is -0.321 e. The van der Waals surface area contributed by atoms with E-state index in [-0.39, 0.29) is 5.91 Å². The van der Waals surface area contributed by atoms with Crippen molar-refractivity contribution in [2.75, 3.05) is 5.32 Å². The van der Waals surface area contributed by atoms with E-state index in [1.54, 1.807) is 11.3 Å². The summed E-state index contributed by atoms with van der Waals surface area (Å²) < 4.78 is 1.16. The molecule has 0 aliphatic carbocycles. The summed E-state index contributed by atoms with van der Waals surface area (Å²) in [7, 11) is 0. The average molecular weight is 309 g/mol. The first-order valence-electron chi connectivity index (χ1n) is 7.49. The van der Waals surface area contributed by atoms with Crippen molar-refractivity contribution in [2.45, 2.75) is 27.2 Å². The standard InChI is InChI=1S/C19H19NOS/c1-4-14-9-7-8-12(2)17(14)20-19(21)18-13(3)15-10-5-6-11-16(15)22-18/h5-11H,4H2,1-3H3,(H,20,21). The fraction of sp³-hybridized carbons (Fsp3) is 0.211. The molecule has 1 heterocycles. The first-order chi connectivity index (χ1) is 10.6. The molecule has 2 aromatic carbocycles. The van der Waals surface area contributed by atoms with E-state index >= 15 is 0 Å². The maximum Gasteiger partial charge on any atom is 0.266 e. The molecular formula is C19H19NOS. The SMILES string of the molecule is CCc1cccc(C)c1NC(=O)c1sc2ccccc2c1C. The minimum absolute atomic E-state index is 0.0114. The zero-order valence-corrected chi connectivity index (χ0v) is 13.9. The van der Waals surface area contributed by atoms with Crippen LogP contribution < -0.4 is 5.32 Å². The maximum absolute atomic E-state index is 12.7. The number of aryl methyl sites for hydroxylation is 3. The first kappa shape index (κ1) is 14.8. The average Bonchev–Trinajstić information content (AvgIpc) is 2.87. The molecule has 2 nitrogen and oxygen atoms in total. The first-order valence-corrected chi connectivity index (χ1v) is 8.31. The Morgan fingerprint density at radius 1 is 1.09 bits per heavy atom. The Morgan fingerprint density at radius 2 is 1.86 bits per heavy atom. The summed E-state index contributed by atoms with van der Waals surface area (Å²) in [4.78, 5) is 13.5. The highest BCUT2D eigenvalue weighted by molar-refractivity contribution is 7.21. The lowest BCUT2D eigenvalue weighted by Gasteiger charge is -2.12. The monoisotopic (exact) mass is 309 g/mol. The van der Waals surface area contributed by atoms with Crippen LogP contribution in [-0.2, 0) is 6.42 Å². The summed E-state index contributed by atoms with van der Waals surface area (Å²) in [6.45, 7) is 6.16. The van der Waals surface area contributed by atoms with Crippen LogP contribution in [0.4, 0.5) is 5.69 Å². The van der Waals surface area contributed by atoms with E-state index in [9.17, 15) is 4.79 Å². The molecule has 22 heavy (non-hydrogen) atoms. The second-order valence-corrected chi connectivity index (χ2v) is 6.52. The van der Waals surface area contributed by atoms with Crippen LogP contribution in [0.2, 0.25) is 0 Å². The third-order valence-electron chi connectivity index (χ3n) is 4.03. The van der Waals surface area contributed by atoms with Crippen LogP contribution in [0.5, 0.6) is 0 Å². The highest BCUT2D eigenvalue weighted by Crippen LogP contribution is 2.31. The number of fused-ring (bicyclic) bond motifs is 1. The lowest BCUT2D eigenvalue weighted by atomic mass is 10.1. The molecular weight excluding hydrogens is 290 g/mol. The molecule has 0 atom stereocenters. The molecule has 1 amide bonds. The maximum atomic E-state index is 12.7. The van der Waals surface area contributed by atoms with Gasteiger partial charge >= 0.3 is 0 Å². The van der Waals surface area contributed by atoms with Crippen molar-refractivity contribution in [2.24, 2.45) is 0 Å². The quantitative estimate of drug-likeness (QED) is 0.696. The molecule has 3 aromatic rings. The van der Waals surface area contributed by atoms with Gasteiger partial charge < -0.3 is 5.32 Å². The van der Waals surface area contributed by atoms with Gasteiger partial charge in [0.2, 0.25) is 0 Å². The van der Waals surface area contributed by atoms with Gasteiger partial charge in [0, 0.05) is 10.4 Å². The minimum atomic E-state index is -0.0114. The molecule has 0 aliphatic rings. The van der Waals surface area contributed by atoms with Crippen molar-refractivity contribution in [1.29, 1.82) is 0 Å².